The molecule has 1 unspecified atom stereocenters. The van der Waals surface area contributed by atoms with Crippen LogP contribution in [0, 0.1) is 0 Å². The van der Waals surface area contributed by atoms with Gasteiger partial charge in [-0.3, -0.25) is 9.59 Å². The molecule has 1 saturated heterocycles. The van der Waals surface area contributed by atoms with E-state index in [1.807, 2.05) is 4.90 Å². The van der Waals surface area contributed by atoms with Crippen LogP contribution in [-0.2, 0) is 9.59 Å². The van der Waals surface area contributed by atoms with Gasteiger partial charge in [0.05, 0.1) is 13.0 Å². The first kappa shape index (κ1) is 13.3. The largest absolute Gasteiger partial charge is 0.481 e. The molecule has 5 heteroatoms. The molecule has 1 aliphatic heterocycles. The lowest BCUT2D eigenvalue weighted by atomic mass is 10.0. The highest BCUT2D eigenvalue weighted by Gasteiger charge is 2.31. The fourth-order valence-corrected chi connectivity index (χ4v) is 3.01. The summed E-state index contributed by atoms with van der Waals surface area (Å²) in [7, 11) is 0. The van der Waals surface area contributed by atoms with E-state index in [4.69, 9.17) is 5.11 Å². The summed E-state index contributed by atoms with van der Waals surface area (Å²) in [6, 6.07) is 0.238. The van der Waals surface area contributed by atoms with Gasteiger partial charge < -0.3 is 15.3 Å². The van der Waals surface area contributed by atoms with Crippen molar-refractivity contribution >= 4 is 11.9 Å². The zero-order chi connectivity index (χ0) is 13.0. The number of amides is 1. The highest BCUT2D eigenvalue weighted by molar-refractivity contribution is 5.80. The van der Waals surface area contributed by atoms with Gasteiger partial charge in [-0.1, -0.05) is 25.7 Å². The third-order valence-corrected chi connectivity index (χ3v) is 3.97. The summed E-state index contributed by atoms with van der Waals surface area (Å²) in [5.41, 5.74) is 0. The highest BCUT2D eigenvalue weighted by Crippen LogP contribution is 2.23. The van der Waals surface area contributed by atoms with Gasteiger partial charge in [-0.25, -0.2) is 0 Å². The van der Waals surface area contributed by atoms with E-state index in [9.17, 15) is 9.59 Å². The third kappa shape index (κ3) is 3.45. The molecule has 1 aliphatic carbocycles. The molecule has 1 amide bonds. The van der Waals surface area contributed by atoms with Gasteiger partial charge in [0.15, 0.2) is 0 Å². The van der Waals surface area contributed by atoms with Crippen molar-refractivity contribution in [3.05, 3.63) is 0 Å². The van der Waals surface area contributed by atoms with Crippen molar-refractivity contribution in [1.29, 1.82) is 0 Å². The standard InChI is InChI=1S/C13H22N2O3/c16-12-8-14-10(7-13(17)18)9-15(12)11-5-3-1-2-4-6-11/h10-11,14H,1-9H2,(H,17,18). The molecule has 0 aromatic heterocycles. The Balaban J connectivity index is 1.95. The van der Waals surface area contributed by atoms with Crippen molar-refractivity contribution in [1.82, 2.24) is 10.2 Å². The van der Waals surface area contributed by atoms with Crippen LogP contribution in [0.1, 0.15) is 44.9 Å². The van der Waals surface area contributed by atoms with Crippen LogP contribution in [0.5, 0.6) is 0 Å². The Morgan fingerprint density at radius 3 is 2.56 bits per heavy atom. The van der Waals surface area contributed by atoms with E-state index in [2.05, 4.69) is 5.32 Å². The molecule has 0 spiro atoms. The number of nitrogens with one attached hydrogen (secondary N) is 1. The Morgan fingerprint density at radius 1 is 1.28 bits per heavy atom. The quantitative estimate of drug-likeness (QED) is 0.737. The number of piperazine rings is 1. The number of hydrogen-bond acceptors (Lipinski definition) is 3. The summed E-state index contributed by atoms with van der Waals surface area (Å²) < 4.78 is 0. The molecule has 1 atom stereocenters. The summed E-state index contributed by atoms with van der Waals surface area (Å²) in [4.78, 5) is 24.6. The topological polar surface area (TPSA) is 69.6 Å². The SMILES string of the molecule is O=C(O)CC1CN(C2CCCCCC2)C(=O)CN1. The minimum absolute atomic E-state index is 0.0938. The van der Waals surface area contributed by atoms with Crippen LogP contribution in [-0.4, -0.2) is 47.1 Å². The van der Waals surface area contributed by atoms with Gasteiger partial charge in [0.25, 0.3) is 0 Å². The molecule has 102 valence electrons. The molecule has 0 aromatic rings. The first-order valence-corrected chi connectivity index (χ1v) is 6.91. The van der Waals surface area contributed by atoms with Crippen LogP contribution in [0.4, 0.5) is 0 Å². The molecule has 1 heterocycles. The monoisotopic (exact) mass is 254 g/mol. The molecule has 0 aromatic carbocycles. The van der Waals surface area contributed by atoms with Gasteiger partial charge in [-0.15, -0.1) is 0 Å². The molecule has 2 fully saturated rings. The second kappa shape index (κ2) is 6.18. The second-order valence-electron chi connectivity index (χ2n) is 5.37. The predicted octanol–water partition coefficient (Wildman–Crippen LogP) is 0.984. The summed E-state index contributed by atoms with van der Waals surface area (Å²) >= 11 is 0. The molecule has 2 aliphatic rings. The lowest BCUT2D eigenvalue weighted by Crippen LogP contribution is -2.57. The van der Waals surface area contributed by atoms with E-state index in [1.165, 1.54) is 25.7 Å². The molecule has 1 saturated carbocycles. The van der Waals surface area contributed by atoms with Crippen LogP contribution in [0.25, 0.3) is 0 Å². The molecular formula is C13H22N2O3. The zero-order valence-corrected chi connectivity index (χ0v) is 10.7. The lowest BCUT2D eigenvalue weighted by Gasteiger charge is -2.38. The molecule has 2 rings (SSSR count). The van der Waals surface area contributed by atoms with E-state index in [0.717, 1.165) is 12.8 Å². The number of nitrogens with zero attached hydrogens (tertiary/aromatic N) is 1. The Morgan fingerprint density at radius 2 is 1.94 bits per heavy atom. The third-order valence-electron chi connectivity index (χ3n) is 3.97. The molecule has 0 radical (unpaired) electrons. The smallest absolute Gasteiger partial charge is 0.304 e. The van der Waals surface area contributed by atoms with E-state index in [1.54, 1.807) is 0 Å². The Hall–Kier alpha value is -1.10. The number of carbonyl (C=O) groups is 2. The van der Waals surface area contributed by atoms with Crippen LogP contribution in [0.15, 0.2) is 0 Å². The molecule has 18 heavy (non-hydrogen) atoms. The van der Waals surface area contributed by atoms with Crippen LogP contribution in [0.2, 0.25) is 0 Å². The van der Waals surface area contributed by atoms with Crippen molar-refractivity contribution < 1.29 is 14.7 Å². The van der Waals surface area contributed by atoms with Gasteiger partial charge in [0, 0.05) is 18.6 Å². The van der Waals surface area contributed by atoms with Gasteiger partial charge in [-0.05, 0) is 12.8 Å². The van der Waals surface area contributed by atoms with Gasteiger partial charge in [0.1, 0.15) is 0 Å². The maximum absolute atomic E-state index is 12.0. The van der Waals surface area contributed by atoms with Crippen LogP contribution >= 0.6 is 0 Å². The summed E-state index contributed by atoms with van der Waals surface area (Å²) in [5, 5.41) is 11.8. The predicted molar refractivity (Wildman–Crippen MR) is 67.2 cm³/mol. The van der Waals surface area contributed by atoms with E-state index >= 15 is 0 Å². The van der Waals surface area contributed by atoms with E-state index in [-0.39, 0.29) is 24.9 Å². The molecule has 0 bridgehead atoms. The number of rotatable bonds is 3. The van der Waals surface area contributed by atoms with E-state index < -0.39 is 5.97 Å². The fourth-order valence-electron chi connectivity index (χ4n) is 3.01. The number of carbonyl (C=O) groups excluding carboxylic acids is 1. The minimum atomic E-state index is -0.803. The molecule has 5 nitrogen and oxygen atoms in total. The lowest BCUT2D eigenvalue weighted by molar-refractivity contribution is -0.141. The first-order valence-electron chi connectivity index (χ1n) is 6.91. The highest BCUT2D eigenvalue weighted by atomic mass is 16.4. The van der Waals surface area contributed by atoms with Gasteiger partial charge >= 0.3 is 5.97 Å². The van der Waals surface area contributed by atoms with Crippen molar-refractivity contribution in [3.63, 3.8) is 0 Å². The van der Waals surface area contributed by atoms with Crippen LogP contribution < -0.4 is 5.32 Å². The van der Waals surface area contributed by atoms with Crippen molar-refractivity contribution in [2.24, 2.45) is 0 Å². The van der Waals surface area contributed by atoms with Crippen LogP contribution in [0.3, 0.4) is 0 Å². The Labute approximate surface area is 108 Å². The first-order chi connectivity index (χ1) is 8.66. The normalized spacial score (nSPS) is 27.0. The summed E-state index contributed by atoms with van der Waals surface area (Å²) in [6.07, 6.45) is 7.13. The number of carboxylic acids is 1. The van der Waals surface area contributed by atoms with Crippen molar-refractivity contribution in [2.75, 3.05) is 13.1 Å². The van der Waals surface area contributed by atoms with Crippen molar-refractivity contribution in [2.45, 2.75) is 57.0 Å². The summed E-state index contributed by atoms with van der Waals surface area (Å²) in [5.74, 6) is -0.675. The average molecular weight is 254 g/mol. The Kier molecular flexibility index (Phi) is 4.58. The van der Waals surface area contributed by atoms with Gasteiger partial charge in [-0.2, -0.15) is 0 Å². The van der Waals surface area contributed by atoms with Crippen molar-refractivity contribution in [3.8, 4) is 0 Å². The number of aliphatic carboxylic acids is 1. The fraction of sp³-hybridized carbons (Fsp3) is 0.846. The Bertz CT molecular complexity index is 311. The van der Waals surface area contributed by atoms with Gasteiger partial charge in [0.2, 0.25) is 5.91 Å². The van der Waals surface area contributed by atoms with E-state index in [0.29, 0.717) is 12.6 Å². The maximum atomic E-state index is 12.0. The second-order valence-corrected chi connectivity index (χ2v) is 5.37. The summed E-state index contributed by atoms with van der Waals surface area (Å²) in [6.45, 7) is 0.838. The minimum Gasteiger partial charge on any atom is -0.481 e. The molecular weight excluding hydrogens is 232 g/mol. The zero-order valence-electron chi connectivity index (χ0n) is 10.7. The maximum Gasteiger partial charge on any atom is 0.304 e. The number of carboxylic acid groups (broad SMARTS) is 1. The average Bonchev–Trinajstić information content (AvgIpc) is 2.59. The molecule has 2 N–H and O–H groups in total. The number of hydrogen-bond donors (Lipinski definition) is 2.